The third kappa shape index (κ3) is 3.18. The van der Waals surface area contributed by atoms with Crippen molar-refractivity contribution in [2.24, 2.45) is 5.92 Å². The van der Waals surface area contributed by atoms with Gasteiger partial charge in [0, 0.05) is 19.7 Å². The highest BCUT2D eigenvalue weighted by Crippen LogP contribution is 2.27. The van der Waals surface area contributed by atoms with Crippen molar-refractivity contribution in [1.29, 1.82) is 0 Å². The van der Waals surface area contributed by atoms with Crippen molar-refractivity contribution >= 4 is 11.9 Å². The summed E-state index contributed by atoms with van der Waals surface area (Å²) in [4.78, 5) is 26.4. The van der Waals surface area contributed by atoms with Gasteiger partial charge in [-0.1, -0.05) is 24.6 Å². The van der Waals surface area contributed by atoms with Crippen LogP contribution in [0, 0.1) is 5.92 Å². The van der Waals surface area contributed by atoms with Crippen LogP contribution in [-0.4, -0.2) is 47.3 Å². The van der Waals surface area contributed by atoms with Crippen LogP contribution in [0.1, 0.15) is 40.2 Å². The van der Waals surface area contributed by atoms with Gasteiger partial charge in [0.15, 0.2) is 5.69 Å². The molecule has 1 fully saturated rings. The number of hydrogen-bond donors (Lipinski definition) is 0. The molecule has 6 nitrogen and oxygen atoms in total. The fourth-order valence-corrected chi connectivity index (χ4v) is 2.84. The zero-order valence-electron chi connectivity index (χ0n) is 13.9. The summed E-state index contributed by atoms with van der Waals surface area (Å²) < 4.78 is 6.24. The summed E-state index contributed by atoms with van der Waals surface area (Å²) in [5.74, 6) is -0.124. The molecule has 3 rings (SSSR count). The minimum absolute atomic E-state index is 0.127. The molecule has 0 bridgehead atoms. The Kier molecular flexibility index (Phi) is 4.64. The number of amides is 1. The molecule has 1 aliphatic rings. The number of nitrogens with zero attached hydrogens (tertiary/aromatic N) is 3. The van der Waals surface area contributed by atoms with Crippen molar-refractivity contribution in [3.05, 3.63) is 47.8 Å². The van der Waals surface area contributed by atoms with Gasteiger partial charge in [-0.3, -0.25) is 4.79 Å². The number of hydrogen-bond acceptors (Lipinski definition) is 4. The number of ether oxygens (including phenoxy) is 1. The van der Waals surface area contributed by atoms with E-state index in [9.17, 15) is 9.59 Å². The average Bonchev–Trinajstić information content (AvgIpc) is 3.02. The third-order valence-corrected chi connectivity index (χ3v) is 4.43. The van der Waals surface area contributed by atoms with Gasteiger partial charge in [-0.2, -0.15) is 5.10 Å². The Morgan fingerprint density at radius 3 is 2.58 bits per heavy atom. The van der Waals surface area contributed by atoms with Crippen LogP contribution in [0.4, 0.5) is 0 Å². The Hall–Kier alpha value is -2.63. The monoisotopic (exact) mass is 327 g/mol. The van der Waals surface area contributed by atoms with Crippen LogP contribution in [0.3, 0.4) is 0 Å². The molecule has 0 spiro atoms. The first kappa shape index (κ1) is 16.2. The highest BCUT2D eigenvalue weighted by atomic mass is 16.5. The topological polar surface area (TPSA) is 64.4 Å². The van der Waals surface area contributed by atoms with Gasteiger partial charge in [0.1, 0.15) is 5.69 Å². The molecular weight excluding hydrogens is 306 g/mol. The molecule has 2 aromatic rings. The lowest BCUT2D eigenvalue weighted by molar-refractivity contribution is 0.0593. The summed E-state index contributed by atoms with van der Waals surface area (Å²) in [6.07, 6.45) is 3.58. The van der Waals surface area contributed by atoms with Crippen LogP contribution < -0.4 is 0 Å². The molecule has 0 unspecified atom stereocenters. The molecule has 0 radical (unpaired) electrons. The van der Waals surface area contributed by atoms with E-state index in [0.717, 1.165) is 12.2 Å². The van der Waals surface area contributed by atoms with Crippen LogP contribution >= 0.6 is 0 Å². The Morgan fingerprint density at radius 1 is 1.29 bits per heavy atom. The van der Waals surface area contributed by atoms with Gasteiger partial charge in [0.05, 0.1) is 12.8 Å². The van der Waals surface area contributed by atoms with Crippen LogP contribution in [-0.2, 0) is 4.74 Å². The van der Waals surface area contributed by atoms with Crippen molar-refractivity contribution in [2.45, 2.75) is 19.3 Å². The van der Waals surface area contributed by atoms with E-state index in [1.165, 1.54) is 37.1 Å². The molecular formula is C18H21N3O3. The zero-order chi connectivity index (χ0) is 17.1. The highest BCUT2D eigenvalue weighted by Gasteiger charge is 2.26. The first-order chi connectivity index (χ1) is 11.6. The summed E-state index contributed by atoms with van der Waals surface area (Å²) in [7, 11) is 3.09. The smallest absolute Gasteiger partial charge is 0.358 e. The fourth-order valence-electron chi connectivity index (χ4n) is 2.84. The van der Waals surface area contributed by atoms with Crippen molar-refractivity contribution in [2.75, 3.05) is 20.7 Å². The van der Waals surface area contributed by atoms with E-state index < -0.39 is 5.97 Å². The molecule has 126 valence electrons. The van der Waals surface area contributed by atoms with E-state index in [2.05, 4.69) is 5.10 Å². The second kappa shape index (κ2) is 6.86. The molecule has 1 saturated carbocycles. The van der Waals surface area contributed by atoms with Crippen LogP contribution in [0.25, 0.3) is 5.69 Å². The minimum Gasteiger partial charge on any atom is -0.464 e. The van der Waals surface area contributed by atoms with Gasteiger partial charge in [-0.05, 0) is 30.9 Å². The van der Waals surface area contributed by atoms with Gasteiger partial charge in [0.25, 0.3) is 5.91 Å². The van der Waals surface area contributed by atoms with Crippen LogP contribution in [0.2, 0.25) is 0 Å². The number of carbonyl (C=O) groups is 2. The highest BCUT2D eigenvalue weighted by molar-refractivity contribution is 5.96. The van der Waals surface area contributed by atoms with E-state index in [1.54, 1.807) is 11.9 Å². The SMILES string of the molecule is COC(=O)c1cc(C(=O)N(C)CC2CCC2)n(-c2ccccc2)n1. The second-order valence-corrected chi connectivity index (χ2v) is 6.14. The van der Waals surface area contributed by atoms with Gasteiger partial charge in [-0.25, -0.2) is 9.48 Å². The summed E-state index contributed by atoms with van der Waals surface area (Å²) in [6, 6.07) is 10.8. The van der Waals surface area contributed by atoms with Crippen molar-refractivity contribution < 1.29 is 14.3 Å². The van der Waals surface area contributed by atoms with Gasteiger partial charge < -0.3 is 9.64 Å². The number of benzene rings is 1. The molecule has 24 heavy (non-hydrogen) atoms. The standard InChI is InChI=1S/C18H21N3O3/c1-20(12-13-7-6-8-13)17(22)16-11-15(18(23)24-2)19-21(16)14-9-4-3-5-10-14/h3-5,9-11,13H,6-8,12H2,1-2H3. The number of aromatic nitrogens is 2. The van der Waals surface area contributed by atoms with Crippen LogP contribution in [0.5, 0.6) is 0 Å². The van der Waals surface area contributed by atoms with E-state index in [4.69, 9.17) is 4.74 Å². The first-order valence-corrected chi connectivity index (χ1v) is 8.09. The largest absolute Gasteiger partial charge is 0.464 e. The summed E-state index contributed by atoms with van der Waals surface area (Å²) in [6.45, 7) is 0.729. The molecule has 0 N–H and O–H groups in total. The number of methoxy groups -OCH3 is 1. The zero-order valence-corrected chi connectivity index (χ0v) is 13.9. The minimum atomic E-state index is -0.555. The number of rotatable bonds is 5. The van der Waals surface area contributed by atoms with Gasteiger partial charge >= 0.3 is 5.97 Å². The summed E-state index contributed by atoms with van der Waals surface area (Å²) in [5, 5.41) is 4.26. The van der Waals surface area contributed by atoms with E-state index in [1.807, 2.05) is 30.3 Å². The molecule has 6 heteroatoms. The molecule has 0 saturated heterocycles. The predicted molar refractivity (Wildman–Crippen MR) is 89.2 cm³/mol. The summed E-state index contributed by atoms with van der Waals surface area (Å²) in [5.41, 5.74) is 1.22. The number of para-hydroxylation sites is 1. The lowest BCUT2D eigenvalue weighted by atomic mass is 9.85. The molecule has 1 aliphatic carbocycles. The Bertz CT molecular complexity index is 735. The maximum absolute atomic E-state index is 12.9. The maximum atomic E-state index is 12.9. The Labute approximate surface area is 141 Å². The average molecular weight is 327 g/mol. The van der Waals surface area contributed by atoms with E-state index >= 15 is 0 Å². The van der Waals surface area contributed by atoms with E-state index in [0.29, 0.717) is 11.6 Å². The van der Waals surface area contributed by atoms with Gasteiger partial charge in [0.2, 0.25) is 0 Å². The lowest BCUT2D eigenvalue weighted by Crippen LogP contribution is -2.35. The first-order valence-electron chi connectivity index (χ1n) is 8.09. The van der Waals surface area contributed by atoms with Gasteiger partial charge in [-0.15, -0.1) is 0 Å². The van der Waals surface area contributed by atoms with Crippen LogP contribution in [0.15, 0.2) is 36.4 Å². The number of esters is 1. The molecule has 0 atom stereocenters. The molecule has 0 aliphatic heterocycles. The molecule has 1 heterocycles. The Balaban J connectivity index is 1.93. The van der Waals surface area contributed by atoms with Crippen molar-refractivity contribution in [1.82, 2.24) is 14.7 Å². The maximum Gasteiger partial charge on any atom is 0.358 e. The summed E-state index contributed by atoms with van der Waals surface area (Å²) >= 11 is 0. The van der Waals surface area contributed by atoms with E-state index in [-0.39, 0.29) is 11.6 Å². The predicted octanol–water partition coefficient (Wildman–Crippen LogP) is 2.53. The Morgan fingerprint density at radius 2 is 2.00 bits per heavy atom. The lowest BCUT2D eigenvalue weighted by Gasteiger charge is -2.30. The third-order valence-electron chi connectivity index (χ3n) is 4.43. The quantitative estimate of drug-likeness (QED) is 0.792. The normalized spacial score (nSPS) is 14.1. The molecule has 1 amide bonds. The molecule has 1 aromatic carbocycles. The fraction of sp³-hybridized carbons (Fsp3) is 0.389. The number of carbonyl (C=O) groups excluding carboxylic acids is 2. The second-order valence-electron chi connectivity index (χ2n) is 6.14. The molecule has 1 aromatic heterocycles. The van der Waals surface area contributed by atoms with Crippen molar-refractivity contribution in [3.63, 3.8) is 0 Å². The van der Waals surface area contributed by atoms with Crippen molar-refractivity contribution in [3.8, 4) is 5.69 Å².